The molecule has 24 heavy (non-hydrogen) atoms. The van der Waals surface area contributed by atoms with Crippen LogP contribution in [0.4, 0.5) is 0 Å². The third-order valence-electron chi connectivity index (χ3n) is 3.47. The molecule has 0 fully saturated rings. The Morgan fingerprint density at radius 3 is 2.00 bits per heavy atom. The van der Waals surface area contributed by atoms with E-state index in [1.807, 2.05) is 6.07 Å². The van der Waals surface area contributed by atoms with Gasteiger partial charge in [-0.05, 0) is 5.56 Å². The number of primary amides is 1. The second-order valence-electron chi connectivity index (χ2n) is 5.37. The fourth-order valence-corrected chi connectivity index (χ4v) is 2.22. The van der Waals surface area contributed by atoms with E-state index in [-0.39, 0.29) is 12.2 Å². The quantitative estimate of drug-likeness (QED) is 0.451. The Balaban J connectivity index is 2.21. The fraction of sp³-hybridized carbons (Fsp3) is 0.167. The van der Waals surface area contributed by atoms with Crippen molar-refractivity contribution in [2.75, 3.05) is 0 Å². The number of Topliss-reactive ketones (excluding diaryl/α,β-unsaturated/α-hetero) is 1. The lowest BCUT2D eigenvalue weighted by molar-refractivity contribution is -0.151. The average Bonchev–Trinajstić information content (AvgIpc) is 2.60. The maximum Gasteiger partial charge on any atom is 0.335 e. The maximum atomic E-state index is 12.6. The number of hydrogen-bond donors (Lipinski definition) is 2. The molecule has 2 aromatic rings. The number of ketones is 1. The Labute approximate surface area is 139 Å². The van der Waals surface area contributed by atoms with E-state index in [9.17, 15) is 14.4 Å². The van der Waals surface area contributed by atoms with Gasteiger partial charge in [0.25, 0.3) is 0 Å². The molecule has 0 saturated carbocycles. The fourth-order valence-electron chi connectivity index (χ4n) is 2.22. The highest BCUT2D eigenvalue weighted by molar-refractivity contribution is 6.18. The van der Waals surface area contributed by atoms with Crippen molar-refractivity contribution in [3.63, 3.8) is 0 Å². The number of rotatable bonds is 7. The summed E-state index contributed by atoms with van der Waals surface area (Å²) in [6.45, 7) is -0.0561. The summed E-state index contributed by atoms with van der Waals surface area (Å²) in [5.41, 5.74) is 9.91. The summed E-state index contributed by atoms with van der Waals surface area (Å²) >= 11 is 0. The van der Waals surface area contributed by atoms with Gasteiger partial charge in [0.05, 0.1) is 6.42 Å². The normalized spacial score (nSPS) is 12.9. The number of benzene rings is 2. The number of ether oxygens (including phenoxy) is 1. The van der Waals surface area contributed by atoms with Gasteiger partial charge in [-0.3, -0.25) is 9.59 Å². The molecule has 6 heteroatoms. The molecule has 0 aromatic heterocycles. The Morgan fingerprint density at radius 2 is 1.46 bits per heavy atom. The van der Waals surface area contributed by atoms with Crippen LogP contribution in [0.3, 0.4) is 0 Å². The van der Waals surface area contributed by atoms with Crippen LogP contribution >= 0.6 is 0 Å². The van der Waals surface area contributed by atoms with Gasteiger partial charge in [0.1, 0.15) is 6.61 Å². The van der Waals surface area contributed by atoms with Gasteiger partial charge in [0.2, 0.25) is 5.91 Å². The van der Waals surface area contributed by atoms with Crippen LogP contribution in [0, 0.1) is 0 Å². The minimum atomic E-state index is -2.15. The zero-order valence-corrected chi connectivity index (χ0v) is 13.0. The number of nitrogens with two attached hydrogens (primary N) is 2. The third-order valence-corrected chi connectivity index (χ3v) is 3.47. The SMILES string of the molecule is NC(=O)C[C@@](N)(C(=O)OCc1ccccc1)C(=O)c1ccccc1. The van der Waals surface area contributed by atoms with Gasteiger partial charge in [-0.2, -0.15) is 0 Å². The molecular weight excluding hydrogens is 308 g/mol. The molecule has 124 valence electrons. The van der Waals surface area contributed by atoms with E-state index in [1.54, 1.807) is 42.5 Å². The van der Waals surface area contributed by atoms with Crippen molar-refractivity contribution in [2.45, 2.75) is 18.6 Å². The van der Waals surface area contributed by atoms with Crippen molar-refractivity contribution in [1.29, 1.82) is 0 Å². The number of carbonyl (C=O) groups is 3. The Hall–Kier alpha value is -2.99. The lowest BCUT2D eigenvalue weighted by Gasteiger charge is -2.24. The number of hydrogen-bond acceptors (Lipinski definition) is 5. The van der Waals surface area contributed by atoms with E-state index in [0.29, 0.717) is 0 Å². The summed E-state index contributed by atoms with van der Waals surface area (Å²) in [4.78, 5) is 36.3. The molecule has 0 aliphatic heterocycles. The van der Waals surface area contributed by atoms with Crippen molar-refractivity contribution in [3.8, 4) is 0 Å². The number of esters is 1. The zero-order valence-electron chi connectivity index (χ0n) is 13.0. The van der Waals surface area contributed by atoms with Crippen molar-refractivity contribution in [1.82, 2.24) is 0 Å². The summed E-state index contributed by atoms with van der Waals surface area (Å²) in [6, 6.07) is 16.9. The van der Waals surface area contributed by atoms with Crippen LogP contribution in [0.2, 0.25) is 0 Å². The summed E-state index contributed by atoms with van der Waals surface area (Å²) < 4.78 is 5.14. The molecule has 0 radical (unpaired) electrons. The molecule has 6 nitrogen and oxygen atoms in total. The van der Waals surface area contributed by atoms with E-state index < -0.39 is 29.6 Å². The summed E-state index contributed by atoms with van der Waals surface area (Å²) in [5.74, 6) is -2.56. The first-order valence-corrected chi connectivity index (χ1v) is 7.31. The summed E-state index contributed by atoms with van der Waals surface area (Å²) in [5, 5.41) is 0. The standard InChI is InChI=1S/C18H18N2O4/c19-15(21)11-18(20,16(22)14-9-5-2-6-10-14)17(23)24-12-13-7-3-1-4-8-13/h1-10H,11-12,20H2,(H2,19,21)/t18-/m0/s1. The zero-order chi connectivity index (χ0) is 17.6. The van der Waals surface area contributed by atoms with Gasteiger partial charge in [0, 0.05) is 5.56 Å². The largest absolute Gasteiger partial charge is 0.459 e. The predicted octanol–water partition coefficient (Wildman–Crippen LogP) is 1.19. The molecule has 2 aromatic carbocycles. The van der Waals surface area contributed by atoms with Crippen molar-refractivity contribution in [2.24, 2.45) is 11.5 Å². The summed E-state index contributed by atoms with van der Waals surface area (Å²) in [7, 11) is 0. The highest BCUT2D eigenvalue weighted by atomic mass is 16.5. The minimum Gasteiger partial charge on any atom is -0.459 e. The van der Waals surface area contributed by atoms with Crippen molar-refractivity contribution in [3.05, 3.63) is 71.8 Å². The molecule has 0 spiro atoms. The first-order chi connectivity index (χ1) is 11.4. The van der Waals surface area contributed by atoms with Gasteiger partial charge >= 0.3 is 5.97 Å². The molecule has 2 rings (SSSR count). The molecule has 0 aliphatic rings. The Morgan fingerprint density at radius 1 is 0.917 bits per heavy atom. The molecular formula is C18H18N2O4. The van der Waals surface area contributed by atoms with Crippen LogP contribution in [0.15, 0.2) is 60.7 Å². The van der Waals surface area contributed by atoms with Crippen LogP contribution in [0.25, 0.3) is 0 Å². The highest BCUT2D eigenvalue weighted by Gasteiger charge is 2.45. The molecule has 0 heterocycles. The first-order valence-electron chi connectivity index (χ1n) is 7.31. The van der Waals surface area contributed by atoms with E-state index in [2.05, 4.69) is 0 Å². The Bertz CT molecular complexity index is 731. The molecule has 4 N–H and O–H groups in total. The lowest BCUT2D eigenvalue weighted by atomic mass is 9.87. The Kier molecular flexibility index (Phi) is 5.44. The molecule has 1 amide bonds. The van der Waals surface area contributed by atoms with Gasteiger partial charge in [0.15, 0.2) is 11.3 Å². The maximum absolute atomic E-state index is 12.6. The van der Waals surface area contributed by atoms with E-state index in [0.717, 1.165) is 5.56 Å². The van der Waals surface area contributed by atoms with Gasteiger partial charge < -0.3 is 16.2 Å². The molecule has 1 atom stereocenters. The smallest absolute Gasteiger partial charge is 0.335 e. The third kappa shape index (κ3) is 4.05. The topological polar surface area (TPSA) is 112 Å². The predicted molar refractivity (Wildman–Crippen MR) is 87.7 cm³/mol. The van der Waals surface area contributed by atoms with Gasteiger partial charge in [-0.1, -0.05) is 60.7 Å². The molecule has 0 bridgehead atoms. The first kappa shape index (κ1) is 17.4. The van der Waals surface area contributed by atoms with Crippen LogP contribution in [-0.4, -0.2) is 23.2 Å². The average molecular weight is 326 g/mol. The van der Waals surface area contributed by atoms with Crippen LogP contribution in [0.1, 0.15) is 22.3 Å². The monoisotopic (exact) mass is 326 g/mol. The van der Waals surface area contributed by atoms with Gasteiger partial charge in [-0.15, -0.1) is 0 Å². The minimum absolute atomic E-state index is 0.0561. The highest BCUT2D eigenvalue weighted by Crippen LogP contribution is 2.18. The van der Waals surface area contributed by atoms with E-state index in [1.165, 1.54) is 12.1 Å². The van der Waals surface area contributed by atoms with Gasteiger partial charge in [-0.25, -0.2) is 4.79 Å². The van der Waals surface area contributed by atoms with Crippen LogP contribution < -0.4 is 11.5 Å². The van der Waals surface area contributed by atoms with Crippen LogP contribution in [0.5, 0.6) is 0 Å². The van der Waals surface area contributed by atoms with Crippen LogP contribution in [-0.2, 0) is 20.9 Å². The van der Waals surface area contributed by atoms with Crippen molar-refractivity contribution >= 4 is 17.7 Å². The number of carbonyl (C=O) groups excluding carboxylic acids is 3. The molecule has 0 aliphatic carbocycles. The second-order valence-corrected chi connectivity index (χ2v) is 5.37. The van der Waals surface area contributed by atoms with E-state index in [4.69, 9.17) is 16.2 Å². The number of amides is 1. The van der Waals surface area contributed by atoms with E-state index >= 15 is 0 Å². The second kappa shape index (κ2) is 7.52. The molecule has 0 saturated heterocycles. The summed E-state index contributed by atoms with van der Waals surface area (Å²) in [6.07, 6.45) is -0.631. The lowest BCUT2D eigenvalue weighted by Crippen LogP contribution is -2.57. The molecule has 0 unspecified atom stereocenters. The van der Waals surface area contributed by atoms with Crippen molar-refractivity contribution < 1.29 is 19.1 Å².